The Morgan fingerprint density at radius 3 is 2.41 bits per heavy atom. The predicted molar refractivity (Wildman–Crippen MR) is 111 cm³/mol. The van der Waals surface area contributed by atoms with E-state index in [-0.39, 0.29) is 5.91 Å². The zero-order chi connectivity index (χ0) is 20.2. The number of amides is 1. The lowest BCUT2D eigenvalue weighted by molar-refractivity contribution is -0.117. The number of piperidine rings is 1. The highest BCUT2D eigenvalue weighted by atomic mass is 32.1. The van der Waals surface area contributed by atoms with Gasteiger partial charge in [-0.15, -0.1) is 21.5 Å². The van der Waals surface area contributed by atoms with E-state index >= 15 is 0 Å². The van der Waals surface area contributed by atoms with E-state index in [9.17, 15) is 9.59 Å². The lowest BCUT2D eigenvalue weighted by atomic mass is 9.98. The molecule has 0 spiro atoms. The number of esters is 1. The lowest BCUT2D eigenvalue weighted by Crippen LogP contribution is -2.38. The molecule has 0 radical (unpaired) electrons. The molecule has 1 aromatic carbocycles. The third-order valence-corrected chi connectivity index (χ3v) is 6.63. The summed E-state index contributed by atoms with van der Waals surface area (Å²) in [6, 6.07) is 6.94. The minimum absolute atomic E-state index is 0.118. The summed E-state index contributed by atoms with van der Waals surface area (Å²) >= 11 is 1.77. The van der Waals surface area contributed by atoms with Crippen molar-refractivity contribution in [1.82, 2.24) is 15.1 Å². The minimum atomic E-state index is -0.424. The third-order valence-electron chi connectivity index (χ3n) is 5.38. The number of likely N-dealkylation sites (tertiary alicyclic amines) is 1. The van der Waals surface area contributed by atoms with Crippen LogP contribution in [0.25, 0.3) is 0 Å². The number of carbonyl (C=O) groups is 2. The summed E-state index contributed by atoms with van der Waals surface area (Å²) in [7, 11) is 0. The quantitative estimate of drug-likeness (QED) is 0.699. The molecule has 2 heterocycles. The molecular formula is C21H26N4O3S. The van der Waals surface area contributed by atoms with Gasteiger partial charge in [-0.3, -0.25) is 9.69 Å². The fourth-order valence-electron chi connectivity index (χ4n) is 3.62. The van der Waals surface area contributed by atoms with E-state index in [1.807, 2.05) is 0 Å². The summed E-state index contributed by atoms with van der Waals surface area (Å²) in [6.45, 7) is 4.09. The van der Waals surface area contributed by atoms with Gasteiger partial charge < -0.3 is 10.1 Å². The van der Waals surface area contributed by atoms with E-state index in [1.165, 1.54) is 17.8 Å². The summed E-state index contributed by atoms with van der Waals surface area (Å²) in [5, 5.41) is 14.0. The number of nitrogens with one attached hydrogen (secondary N) is 1. The first kappa shape index (κ1) is 20.0. The Morgan fingerprint density at radius 1 is 1.10 bits per heavy atom. The monoisotopic (exact) mass is 414 g/mol. The number of benzene rings is 1. The highest BCUT2D eigenvalue weighted by molar-refractivity contribution is 7.11. The molecule has 7 nitrogen and oxygen atoms in total. The second-order valence-electron chi connectivity index (χ2n) is 7.62. The van der Waals surface area contributed by atoms with Crippen LogP contribution in [0.2, 0.25) is 0 Å². The van der Waals surface area contributed by atoms with Crippen LogP contribution >= 0.6 is 11.3 Å². The number of para-hydroxylation sites is 1. The molecule has 1 aliphatic carbocycles. The van der Waals surface area contributed by atoms with E-state index in [0.29, 0.717) is 36.2 Å². The van der Waals surface area contributed by atoms with Gasteiger partial charge in [0.15, 0.2) is 0 Å². The molecule has 2 fully saturated rings. The standard InChI is InChI=1S/C21H26N4O3S/c1-2-28-21(27)16-5-3-4-6-17(16)22-18(26)13-25-11-9-15(10-12-25)20-24-23-19(29-20)14-7-8-14/h3-6,14-15H,2,7-13H2,1H3,(H,22,26). The SMILES string of the molecule is CCOC(=O)c1ccccc1NC(=O)CN1CCC(c2nnc(C3CC3)s2)CC1. The van der Waals surface area contributed by atoms with E-state index in [1.54, 1.807) is 42.5 Å². The summed E-state index contributed by atoms with van der Waals surface area (Å²) in [6.07, 6.45) is 4.49. The van der Waals surface area contributed by atoms with Crippen LogP contribution in [-0.4, -0.2) is 53.2 Å². The van der Waals surface area contributed by atoms with E-state index < -0.39 is 5.97 Å². The first-order valence-electron chi connectivity index (χ1n) is 10.3. The number of nitrogens with zero attached hydrogens (tertiary/aromatic N) is 3. The third kappa shape index (κ3) is 5.00. The van der Waals surface area contributed by atoms with Crippen LogP contribution < -0.4 is 5.32 Å². The molecule has 2 aliphatic rings. The molecule has 154 valence electrons. The van der Waals surface area contributed by atoms with Gasteiger partial charge in [0.2, 0.25) is 5.91 Å². The van der Waals surface area contributed by atoms with Gasteiger partial charge in [-0.1, -0.05) is 12.1 Å². The maximum atomic E-state index is 12.5. The van der Waals surface area contributed by atoms with Crippen LogP contribution in [0.15, 0.2) is 24.3 Å². The van der Waals surface area contributed by atoms with Gasteiger partial charge in [0, 0.05) is 11.8 Å². The molecule has 1 aliphatic heterocycles. The van der Waals surface area contributed by atoms with Gasteiger partial charge in [0.25, 0.3) is 0 Å². The average molecular weight is 415 g/mol. The van der Waals surface area contributed by atoms with Crippen molar-refractivity contribution in [2.24, 2.45) is 0 Å². The van der Waals surface area contributed by atoms with Crippen molar-refractivity contribution in [2.45, 2.75) is 44.4 Å². The second kappa shape index (κ2) is 9.00. The highest BCUT2D eigenvalue weighted by Gasteiger charge is 2.30. The van der Waals surface area contributed by atoms with E-state index in [0.717, 1.165) is 30.9 Å². The Morgan fingerprint density at radius 2 is 1.76 bits per heavy atom. The molecule has 4 rings (SSSR count). The molecule has 1 amide bonds. The van der Waals surface area contributed by atoms with Crippen LogP contribution in [0.5, 0.6) is 0 Å². The Bertz CT molecular complexity index is 872. The topological polar surface area (TPSA) is 84.4 Å². The molecule has 1 N–H and O–H groups in total. The maximum Gasteiger partial charge on any atom is 0.340 e. The number of hydrogen-bond donors (Lipinski definition) is 1. The summed E-state index contributed by atoms with van der Waals surface area (Å²) in [5.74, 6) is 0.561. The summed E-state index contributed by atoms with van der Waals surface area (Å²) in [4.78, 5) is 26.7. The second-order valence-corrected chi connectivity index (χ2v) is 8.66. The average Bonchev–Trinajstić information content (AvgIpc) is 3.46. The molecule has 8 heteroatoms. The first-order chi connectivity index (χ1) is 14.1. The molecule has 1 saturated carbocycles. The van der Waals surface area contributed by atoms with Crippen molar-refractivity contribution in [3.05, 3.63) is 39.8 Å². The van der Waals surface area contributed by atoms with E-state index in [4.69, 9.17) is 4.74 Å². The van der Waals surface area contributed by atoms with Crippen molar-refractivity contribution in [2.75, 3.05) is 31.6 Å². The smallest absolute Gasteiger partial charge is 0.340 e. The molecule has 1 aromatic heterocycles. The van der Waals surface area contributed by atoms with Crippen LogP contribution in [0.4, 0.5) is 5.69 Å². The molecule has 0 unspecified atom stereocenters. The minimum Gasteiger partial charge on any atom is -0.462 e. The number of aromatic nitrogens is 2. The van der Waals surface area contributed by atoms with Gasteiger partial charge in [-0.05, 0) is 57.8 Å². The van der Waals surface area contributed by atoms with Crippen LogP contribution in [0.3, 0.4) is 0 Å². The molecule has 2 aromatic rings. The number of rotatable bonds is 7. The maximum absolute atomic E-state index is 12.5. The van der Waals surface area contributed by atoms with Gasteiger partial charge in [-0.25, -0.2) is 4.79 Å². The zero-order valence-corrected chi connectivity index (χ0v) is 17.4. The molecular weight excluding hydrogens is 388 g/mol. The number of hydrogen-bond acceptors (Lipinski definition) is 7. The number of ether oxygens (including phenoxy) is 1. The summed E-state index contributed by atoms with van der Waals surface area (Å²) in [5.41, 5.74) is 0.872. The van der Waals surface area contributed by atoms with Gasteiger partial charge >= 0.3 is 5.97 Å². The Labute approximate surface area is 174 Å². The number of carbonyl (C=O) groups excluding carboxylic acids is 2. The van der Waals surface area contributed by atoms with E-state index in [2.05, 4.69) is 20.4 Å². The first-order valence-corrected chi connectivity index (χ1v) is 11.1. The van der Waals surface area contributed by atoms with Gasteiger partial charge in [-0.2, -0.15) is 0 Å². The molecule has 0 bridgehead atoms. The normalized spacial score (nSPS) is 17.8. The van der Waals surface area contributed by atoms with Crippen molar-refractivity contribution in [1.29, 1.82) is 0 Å². The Kier molecular flexibility index (Phi) is 6.20. The largest absolute Gasteiger partial charge is 0.462 e. The lowest BCUT2D eigenvalue weighted by Gasteiger charge is -2.30. The summed E-state index contributed by atoms with van der Waals surface area (Å²) < 4.78 is 5.06. The Balaban J connectivity index is 1.28. The van der Waals surface area contributed by atoms with Crippen molar-refractivity contribution in [3.8, 4) is 0 Å². The van der Waals surface area contributed by atoms with Crippen molar-refractivity contribution in [3.63, 3.8) is 0 Å². The van der Waals surface area contributed by atoms with Gasteiger partial charge in [0.05, 0.1) is 24.4 Å². The molecule has 29 heavy (non-hydrogen) atoms. The zero-order valence-electron chi connectivity index (χ0n) is 16.6. The van der Waals surface area contributed by atoms with Crippen molar-refractivity contribution < 1.29 is 14.3 Å². The molecule has 0 atom stereocenters. The number of anilines is 1. The van der Waals surface area contributed by atoms with Crippen LogP contribution in [-0.2, 0) is 9.53 Å². The Hall–Kier alpha value is -2.32. The molecule has 1 saturated heterocycles. The highest BCUT2D eigenvalue weighted by Crippen LogP contribution is 2.43. The van der Waals surface area contributed by atoms with Crippen LogP contribution in [0.1, 0.15) is 64.8 Å². The van der Waals surface area contributed by atoms with Crippen molar-refractivity contribution >= 4 is 28.9 Å². The predicted octanol–water partition coefficient (Wildman–Crippen LogP) is 3.41. The van der Waals surface area contributed by atoms with Crippen LogP contribution in [0, 0.1) is 0 Å². The van der Waals surface area contributed by atoms with Gasteiger partial charge in [0.1, 0.15) is 10.0 Å². The fraction of sp³-hybridized carbons (Fsp3) is 0.524. The fourth-order valence-corrected chi connectivity index (χ4v) is 4.80.